The Morgan fingerprint density at radius 2 is 1.45 bits per heavy atom. The molecule has 5 rings (SSSR count). The third-order valence-corrected chi connectivity index (χ3v) is 5.11. The van der Waals surface area contributed by atoms with Gasteiger partial charge in [0.25, 0.3) is 0 Å². The molecule has 2 heterocycles. The van der Waals surface area contributed by atoms with Crippen LogP contribution in [-0.2, 0) is 4.79 Å². The first-order valence-electron chi connectivity index (χ1n) is 10.00. The lowest BCUT2D eigenvalue weighted by Crippen LogP contribution is -2.22. The van der Waals surface area contributed by atoms with E-state index in [2.05, 4.69) is 15.3 Å². The van der Waals surface area contributed by atoms with Crippen molar-refractivity contribution in [2.24, 2.45) is 0 Å². The molecule has 31 heavy (non-hydrogen) atoms. The summed E-state index contributed by atoms with van der Waals surface area (Å²) in [6, 6.07) is 28.7. The van der Waals surface area contributed by atoms with Gasteiger partial charge in [0.15, 0.2) is 5.58 Å². The molecule has 0 saturated carbocycles. The number of rotatable bonds is 5. The summed E-state index contributed by atoms with van der Waals surface area (Å²) in [7, 11) is 0. The van der Waals surface area contributed by atoms with Crippen LogP contribution in [0.25, 0.3) is 22.6 Å². The lowest BCUT2D eigenvalue weighted by atomic mass is 9.90. The highest BCUT2D eigenvalue weighted by Crippen LogP contribution is 2.29. The Hall–Kier alpha value is -4.25. The van der Waals surface area contributed by atoms with Crippen molar-refractivity contribution >= 4 is 22.7 Å². The Morgan fingerprint density at radius 1 is 0.806 bits per heavy atom. The molecule has 0 aliphatic carbocycles. The fourth-order valence-electron chi connectivity index (χ4n) is 3.62. The van der Waals surface area contributed by atoms with Crippen molar-refractivity contribution in [2.45, 2.75) is 5.92 Å². The molecule has 0 radical (unpaired) electrons. The number of fused-ring (bicyclic) bond motifs is 1. The largest absolute Gasteiger partial charge is 0.436 e. The number of carbonyl (C=O) groups excluding carboxylic acids is 1. The second-order valence-corrected chi connectivity index (χ2v) is 7.18. The van der Waals surface area contributed by atoms with Gasteiger partial charge >= 0.3 is 0 Å². The highest BCUT2D eigenvalue weighted by Gasteiger charge is 2.23. The summed E-state index contributed by atoms with van der Waals surface area (Å²) < 4.78 is 5.92. The van der Waals surface area contributed by atoms with Gasteiger partial charge in [-0.1, -0.05) is 60.7 Å². The highest BCUT2D eigenvalue weighted by atomic mass is 16.3. The predicted molar refractivity (Wildman–Crippen MR) is 121 cm³/mol. The molecule has 2 aromatic heterocycles. The molecule has 3 aromatic carbocycles. The monoisotopic (exact) mass is 405 g/mol. The van der Waals surface area contributed by atoms with Crippen LogP contribution in [0.1, 0.15) is 17.0 Å². The second kappa shape index (κ2) is 8.24. The number of nitrogens with one attached hydrogen (secondary N) is 1. The third kappa shape index (κ3) is 3.94. The molecule has 5 aromatic rings. The van der Waals surface area contributed by atoms with Gasteiger partial charge < -0.3 is 9.73 Å². The van der Waals surface area contributed by atoms with Crippen LogP contribution in [0.5, 0.6) is 0 Å². The number of benzene rings is 3. The maximum absolute atomic E-state index is 13.3. The summed E-state index contributed by atoms with van der Waals surface area (Å²) >= 11 is 0. The standard InChI is InChI=1S/C26H19N3O2/c30-25(24(18-7-3-1-4-8-18)19-9-5-2-6-10-19)28-21-11-12-22-23(17-21)31-26(29-22)20-13-15-27-16-14-20/h1-17,24H,(H,28,30). The van der Waals surface area contributed by atoms with Crippen LogP contribution in [-0.4, -0.2) is 15.9 Å². The van der Waals surface area contributed by atoms with E-state index < -0.39 is 5.92 Å². The van der Waals surface area contributed by atoms with Crippen LogP contribution in [0.15, 0.2) is 108 Å². The van der Waals surface area contributed by atoms with Crippen molar-refractivity contribution in [3.8, 4) is 11.5 Å². The Kier molecular flexibility index (Phi) is 4.99. The van der Waals surface area contributed by atoms with Gasteiger partial charge in [-0.3, -0.25) is 9.78 Å². The molecule has 0 aliphatic rings. The summed E-state index contributed by atoms with van der Waals surface area (Å²) in [4.78, 5) is 21.9. The third-order valence-electron chi connectivity index (χ3n) is 5.11. The average Bonchev–Trinajstić information content (AvgIpc) is 3.25. The lowest BCUT2D eigenvalue weighted by molar-refractivity contribution is -0.116. The Bertz CT molecular complexity index is 1280. The number of oxazole rings is 1. The molecule has 5 heteroatoms. The number of pyridine rings is 1. The van der Waals surface area contributed by atoms with Crippen molar-refractivity contribution in [1.82, 2.24) is 9.97 Å². The maximum atomic E-state index is 13.3. The molecule has 5 nitrogen and oxygen atoms in total. The van der Waals surface area contributed by atoms with Crippen LogP contribution < -0.4 is 5.32 Å². The fourth-order valence-corrected chi connectivity index (χ4v) is 3.62. The summed E-state index contributed by atoms with van der Waals surface area (Å²) in [5, 5.41) is 3.04. The molecular formula is C26H19N3O2. The van der Waals surface area contributed by atoms with Crippen molar-refractivity contribution in [2.75, 3.05) is 5.32 Å². The molecule has 0 spiro atoms. The molecule has 1 N–H and O–H groups in total. The van der Waals surface area contributed by atoms with Gasteiger partial charge in [0.1, 0.15) is 5.52 Å². The molecule has 1 amide bonds. The summed E-state index contributed by atoms with van der Waals surface area (Å²) in [5.74, 6) is -0.00171. The zero-order valence-corrected chi connectivity index (χ0v) is 16.6. The van der Waals surface area contributed by atoms with E-state index in [1.807, 2.05) is 84.9 Å². The quantitative estimate of drug-likeness (QED) is 0.410. The lowest BCUT2D eigenvalue weighted by Gasteiger charge is -2.18. The minimum absolute atomic E-state index is 0.106. The van der Waals surface area contributed by atoms with Crippen LogP contribution in [0.3, 0.4) is 0 Å². The number of carbonyl (C=O) groups is 1. The van der Waals surface area contributed by atoms with E-state index in [0.29, 0.717) is 17.2 Å². The van der Waals surface area contributed by atoms with Crippen molar-refractivity contribution in [3.63, 3.8) is 0 Å². The van der Waals surface area contributed by atoms with E-state index in [9.17, 15) is 4.79 Å². The van der Waals surface area contributed by atoms with E-state index >= 15 is 0 Å². The van der Waals surface area contributed by atoms with Gasteiger partial charge in [-0.05, 0) is 35.4 Å². The molecule has 0 saturated heterocycles. The highest BCUT2D eigenvalue weighted by molar-refractivity contribution is 5.99. The van der Waals surface area contributed by atoms with E-state index in [-0.39, 0.29) is 5.91 Å². The Balaban J connectivity index is 1.45. The van der Waals surface area contributed by atoms with E-state index in [4.69, 9.17) is 4.42 Å². The van der Waals surface area contributed by atoms with Gasteiger partial charge in [-0.25, -0.2) is 4.98 Å². The minimum Gasteiger partial charge on any atom is -0.436 e. The maximum Gasteiger partial charge on any atom is 0.236 e. The van der Waals surface area contributed by atoms with Gasteiger partial charge in [0.2, 0.25) is 11.8 Å². The normalized spacial score (nSPS) is 11.0. The Morgan fingerprint density at radius 3 is 2.10 bits per heavy atom. The van der Waals surface area contributed by atoms with Crippen molar-refractivity contribution < 1.29 is 9.21 Å². The zero-order chi connectivity index (χ0) is 21.0. The van der Waals surface area contributed by atoms with Crippen LogP contribution in [0, 0.1) is 0 Å². The second-order valence-electron chi connectivity index (χ2n) is 7.18. The topological polar surface area (TPSA) is 68.0 Å². The average molecular weight is 405 g/mol. The first-order chi connectivity index (χ1) is 15.3. The van der Waals surface area contributed by atoms with Crippen LogP contribution >= 0.6 is 0 Å². The van der Waals surface area contributed by atoms with E-state index in [1.54, 1.807) is 18.5 Å². The smallest absolute Gasteiger partial charge is 0.236 e. The van der Waals surface area contributed by atoms with Crippen molar-refractivity contribution in [1.29, 1.82) is 0 Å². The molecule has 0 atom stereocenters. The molecule has 0 fully saturated rings. The van der Waals surface area contributed by atoms with E-state index in [1.165, 1.54) is 0 Å². The van der Waals surface area contributed by atoms with Crippen LogP contribution in [0.2, 0.25) is 0 Å². The van der Waals surface area contributed by atoms with E-state index in [0.717, 1.165) is 22.2 Å². The number of anilines is 1. The summed E-state index contributed by atoms with van der Waals surface area (Å²) in [5.41, 5.74) is 4.73. The zero-order valence-electron chi connectivity index (χ0n) is 16.6. The first-order valence-corrected chi connectivity index (χ1v) is 10.00. The van der Waals surface area contributed by atoms with Gasteiger partial charge in [0, 0.05) is 29.7 Å². The van der Waals surface area contributed by atoms with Crippen LogP contribution in [0.4, 0.5) is 5.69 Å². The summed E-state index contributed by atoms with van der Waals surface area (Å²) in [6.45, 7) is 0. The molecule has 0 aliphatic heterocycles. The first kappa shape index (κ1) is 18.8. The molecule has 0 unspecified atom stereocenters. The number of amides is 1. The predicted octanol–water partition coefficient (Wildman–Crippen LogP) is 5.66. The van der Waals surface area contributed by atoms with Gasteiger partial charge in [0.05, 0.1) is 5.92 Å². The van der Waals surface area contributed by atoms with Crippen molar-refractivity contribution in [3.05, 3.63) is 115 Å². The number of hydrogen-bond acceptors (Lipinski definition) is 4. The number of nitrogens with zero attached hydrogens (tertiary/aromatic N) is 2. The van der Waals surface area contributed by atoms with Gasteiger partial charge in [-0.2, -0.15) is 0 Å². The SMILES string of the molecule is O=C(Nc1ccc2nc(-c3ccncc3)oc2c1)C(c1ccccc1)c1ccccc1. The Labute approximate surface area is 179 Å². The molecular weight excluding hydrogens is 386 g/mol. The molecule has 0 bridgehead atoms. The van der Waals surface area contributed by atoms with Gasteiger partial charge in [-0.15, -0.1) is 0 Å². The fraction of sp³-hybridized carbons (Fsp3) is 0.0385. The number of aromatic nitrogens is 2. The minimum atomic E-state index is -0.416. The number of hydrogen-bond donors (Lipinski definition) is 1. The summed E-state index contributed by atoms with van der Waals surface area (Å²) in [6.07, 6.45) is 3.40. The molecule has 150 valence electrons.